The summed E-state index contributed by atoms with van der Waals surface area (Å²) in [6.45, 7) is 5.74. The van der Waals surface area contributed by atoms with Gasteiger partial charge in [0.15, 0.2) is 5.78 Å². The number of hydrogen-bond acceptors (Lipinski definition) is 3. The summed E-state index contributed by atoms with van der Waals surface area (Å²) < 4.78 is 0. The molecule has 0 aromatic heterocycles. The highest BCUT2D eigenvalue weighted by Crippen LogP contribution is 2.03. The van der Waals surface area contributed by atoms with E-state index < -0.39 is 0 Å². The number of nitrogens with zero attached hydrogens (tertiary/aromatic N) is 1. The van der Waals surface area contributed by atoms with Gasteiger partial charge in [0.05, 0.1) is 0 Å². The van der Waals surface area contributed by atoms with Crippen LogP contribution in [-0.4, -0.2) is 11.5 Å². The molecule has 0 amide bonds. The van der Waals surface area contributed by atoms with Gasteiger partial charge < -0.3 is 4.84 Å². The Balaban J connectivity index is 2.56. The lowest BCUT2D eigenvalue weighted by Crippen LogP contribution is -2.17. The molecular formula is C13H17NO2. The van der Waals surface area contributed by atoms with Crippen LogP contribution in [-0.2, 0) is 16.2 Å². The number of hydrogen-bond donors (Lipinski definition) is 0. The van der Waals surface area contributed by atoms with Gasteiger partial charge in [-0.25, -0.2) is 0 Å². The van der Waals surface area contributed by atoms with E-state index in [1.54, 1.807) is 0 Å². The Kier molecular flexibility index (Phi) is 4.70. The van der Waals surface area contributed by atoms with Gasteiger partial charge in [-0.2, -0.15) is 0 Å². The van der Waals surface area contributed by atoms with Gasteiger partial charge in [0.2, 0.25) is 0 Å². The molecule has 16 heavy (non-hydrogen) atoms. The second kappa shape index (κ2) is 6.05. The summed E-state index contributed by atoms with van der Waals surface area (Å²) in [7, 11) is 0. The van der Waals surface area contributed by atoms with Crippen LogP contribution >= 0.6 is 0 Å². The molecule has 0 aliphatic rings. The second-order valence-corrected chi connectivity index (χ2v) is 3.95. The highest BCUT2D eigenvalue weighted by molar-refractivity contribution is 6.39. The molecule has 0 saturated carbocycles. The minimum Gasteiger partial charge on any atom is -0.391 e. The van der Waals surface area contributed by atoms with E-state index in [0.717, 1.165) is 5.56 Å². The fraction of sp³-hybridized carbons (Fsp3) is 0.385. The predicted octanol–water partition coefficient (Wildman–Crippen LogP) is 2.80. The van der Waals surface area contributed by atoms with Crippen molar-refractivity contribution in [3.05, 3.63) is 35.9 Å². The van der Waals surface area contributed by atoms with Crippen LogP contribution in [0, 0.1) is 5.92 Å². The van der Waals surface area contributed by atoms with Crippen LogP contribution < -0.4 is 0 Å². The van der Waals surface area contributed by atoms with Gasteiger partial charge in [-0.05, 0) is 5.56 Å². The van der Waals surface area contributed by atoms with E-state index in [2.05, 4.69) is 5.16 Å². The first-order chi connectivity index (χ1) is 7.61. The van der Waals surface area contributed by atoms with Gasteiger partial charge in [0.25, 0.3) is 0 Å². The molecule has 3 nitrogen and oxygen atoms in total. The Labute approximate surface area is 96.1 Å². The first-order valence-electron chi connectivity index (χ1n) is 5.36. The van der Waals surface area contributed by atoms with Crippen LogP contribution in [0.3, 0.4) is 0 Å². The molecular weight excluding hydrogens is 202 g/mol. The van der Waals surface area contributed by atoms with Crippen molar-refractivity contribution in [2.24, 2.45) is 11.1 Å². The molecule has 0 aliphatic heterocycles. The molecule has 0 aliphatic carbocycles. The lowest BCUT2D eigenvalue weighted by atomic mass is 10.1. The Hall–Kier alpha value is -1.64. The Bertz CT molecular complexity index is 369. The Morgan fingerprint density at radius 2 is 1.94 bits per heavy atom. The zero-order valence-corrected chi connectivity index (χ0v) is 9.93. The Morgan fingerprint density at radius 3 is 2.44 bits per heavy atom. The van der Waals surface area contributed by atoms with E-state index in [9.17, 15) is 4.79 Å². The highest BCUT2D eigenvalue weighted by atomic mass is 16.6. The molecule has 0 radical (unpaired) electrons. The minimum atomic E-state index is -0.0388. The van der Waals surface area contributed by atoms with E-state index in [0.29, 0.717) is 12.3 Å². The zero-order valence-electron chi connectivity index (χ0n) is 9.93. The number of ketones is 1. The molecule has 3 heteroatoms. The fourth-order valence-electron chi connectivity index (χ4n) is 1.33. The van der Waals surface area contributed by atoms with Crippen molar-refractivity contribution in [3.8, 4) is 0 Å². The minimum absolute atomic E-state index is 0.0388. The van der Waals surface area contributed by atoms with Crippen molar-refractivity contribution < 1.29 is 9.63 Å². The van der Waals surface area contributed by atoms with Crippen LogP contribution in [0.1, 0.15) is 26.3 Å². The fourth-order valence-corrected chi connectivity index (χ4v) is 1.33. The highest BCUT2D eigenvalue weighted by Gasteiger charge is 2.11. The summed E-state index contributed by atoms with van der Waals surface area (Å²) in [6.07, 6.45) is 0. The smallest absolute Gasteiger partial charge is 0.177 e. The lowest BCUT2D eigenvalue weighted by molar-refractivity contribution is -0.111. The van der Waals surface area contributed by atoms with Gasteiger partial charge in [-0.1, -0.05) is 49.3 Å². The summed E-state index contributed by atoms with van der Waals surface area (Å²) in [6, 6.07) is 9.74. The molecule has 0 spiro atoms. The molecule has 1 rings (SSSR count). The summed E-state index contributed by atoms with van der Waals surface area (Å²) in [5.41, 5.74) is 1.52. The molecule has 0 N–H and O–H groups in total. The monoisotopic (exact) mass is 219 g/mol. The average molecular weight is 219 g/mol. The number of carbonyl (C=O) groups is 1. The summed E-state index contributed by atoms with van der Waals surface area (Å²) >= 11 is 0. The molecule has 0 bridgehead atoms. The van der Waals surface area contributed by atoms with E-state index in [-0.39, 0.29) is 11.7 Å². The molecule has 1 aromatic carbocycles. The topological polar surface area (TPSA) is 38.7 Å². The summed E-state index contributed by atoms with van der Waals surface area (Å²) in [4.78, 5) is 16.4. The Morgan fingerprint density at radius 1 is 1.31 bits per heavy atom. The van der Waals surface area contributed by atoms with E-state index in [1.807, 2.05) is 44.2 Å². The largest absolute Gasteiger partial charge is 0.391 e. The first-order valence-corrected chi connectivity index (χ1v) is 5.36. The predicted molar refractivity (Wildman–Crippen MR) is 64.2 cm³/mol. The van der Waals surface area contributed by atoms with Crippen LogP contribution in [0.5, 0.6) is 0 Å². The van der Waals surface area contributed by atoms with E-state index >= 15 is 0 Å². The second-order valence-electron chi connectivity index (χ2n) is 3.95. The van der Waals surface area contributed by atoms with E-state index in [4.69, 9.17) is 4.84 Å². The van der Waals surface area contributed by atoms with Crippen LogP contribution in [0.2, 0.25) is 0 Å². The average Bonchev–Trinajstić information content (AvgIpc) is 2.24. The third-order valence-electron chi connectivity index (χ3n) is 2.14. The number of oxime groups is 1. The maximum atomic E-state index is 11.2. The maximum Gasteiger partial charge on any atom is 0.177 e. The first kappa shape index (κ1) is 12.4. The van der Waals surface area contributed by atoms with Crippen molar-refractivity contribution in [1.82, 2.24) is 0 Å². The molecule has 0 fully saturated rings. The standard InChI is InChI=1S/C13H17NO2/c1-10(2)13(11(3)15)14-16-9-12-7-5-4-6-8-12/h4-8,10H,9H2,1-3H3/b14-13+. The number of benzene rings is 1. The molecule has 0 saturated heterocycles. The zero-order chi connectivity index (χ0) is 12.0. The molecule has 1 aromatic rings. The number of rotatable bonds is 5. The van der Waals surface area contributed by atoms with Crippen molar-refractivity contribution in [1.29, 1.82) is 0 Å². The third kappa shape index (κ3) is 3.85. The van der Waals surface area contributed by atoms with Crippen LogP contribution in [0.4, 0.5) is 0 Å². The van der Waals surface area contributed by atoms with Crippen molar-refractivity contribution in [2.45, 2.75) is 27.4 Å². The molecule has 86 valence electrons. The van der Waals surface area contributed by atoms with Gasteiger partial charge in [-0.3, -0.25) is 4.79 Å². The number of carbonyl (C=O) groups excluding carboxylic acids is 1. The summed E-state index contributed by atoms with van der Waals surface area (Å²) in [5, 5.41) is 3.89. The summed E-state index contributed by atoms with van der Waals surface area (Å²) in [5.74, 6) is 0.0522. The van der Waals surface area contributed by atoms with Gasteiger partial charge in [0, 0.05) is 12.8 Å². The molecule has 0 unspecified atom stereocenters. The normalized spacial score (nSPS) is 11.6. The quantitative estimate of drug-likeness (QED) is 0.564. The van der Waals surface area contributed by atoms with Crippen LogP contribution in [0.25, 0.3) is 0 Å². The molecule has 0 atom stereocenters. The third-order valence-corrected chi connectivity index (χ3v) is 2.14. The van der Waals surface area contributed by atoms with Crippen molar-refractivity contribution in [3.63, 3.8) is 0 Å². The van der Waals surface area contributed by atoms with E-state index in [1.165, 1.54) is 6.92 Å². The molecule has 0 heterocycles. The SMILES string of the molecule is CC(=O)/C(=N/OCc1ccccc1)C(C)C. The van der Waals surface area contributed by atoms with Gasteiger partial charge in [0.1, 0.15) is 12.3 Å². The van der Waals surface area contributed by atoms with Crippen molar-refractivity contribution in [2.75, 3.05) is 0 Å². The van der Waals surface area contributed by atoms with Gasteiger partial charge in [-0.15, -0.1) is 0 Å². The van der Waals surface area contributed by atoms with Crippen molar-refractivity contribution >= 4 is 11.5 Å². The van der Waals surface area contributed by atoms with Gasteiger partial charge >= 0.3 is 0 Å². The lowest BCUT2D eigenvalue weighted by Gasteiger charge is -2.06. The number of Topliss-reactive ketones (excluding diaryl/α,β-unsaturated/α-hetero) is 1. The van der Waals surface area contributed by atoms with Crippen LogP contribution in [0.15, 0.2) is 35.5 Å². The maximum absolute atomic E-state index is 11.2.